The van der Waals surface area contributed by atoms with Crippen molar-refractivity contribution in [2.24, 2.45) is 5.92 Å². The molecule has 2 bridgehead atoms. The number of nitrogens with one attached hydrogen (secondary N) is 1. The lowest BCUT2D eigenvalue weighted by atomic mass is 9.78. The Labute approximate surface area is 265 Å². The predicted molar refractivity (Wildman–Crippen MR) is 174 cm³/mol. The number of hydrogen-bond acceptors (Lipinski definition) is 4. The van der Waals surface area contributed by atoms with E-state index in [1.165, 1.54) is 5.56 Å². The van der Waals surface area contributed by atoms with Gasteiger partial charge in [0.1, 0.15) is 0 Å². The highest BCUT2D eigenvalue weighted by Crippen LogP contribution is 2.46. The van der Waals surface area contributed by atoms with E-state index in [1.807, 2.05) is 55.1 Å². The minimum absolute atomic E-state index is 0.0241. The standard InChI is InChI=1S/C36H42ClN3O4/c1-21(2)44-33-20-31-26(18-32(33)43-5)19-34(41)40(35(31)24-6-10-27(37)11-7-24)28-12-8-23(9-13-28)22(3)25-16-29-14-15-30(17-25)39(29)36(42)38-4/h6-13,18,20-22,25,29-30,35H,14-17,19H2,1-5H3,(H,38,42)/t22?,25?,29?,30?,35-/m0/s1. The normalized spacial score (nSPS) is 23.4. The molecule has 3 aliphatic rings. The maximum absolute atomic E-state index is 13.9. The largest absolute Gasteiger partial charge is 0.493 e. The Balaban J connectivity index is 1.32. The zero-order chi connectivity index (χ0) is 31.1. The van der Waals surface area contributed by atoms with Gasteiger partial charge >= 0.3 is 6.03 Å². The number of rotatable bonds is 7. The number of fused-ring (bicyclic) bond motifs is 3. The van der Waals surface area contributed by atoms with Crippen molar-refractivity contribution in [3.63, 3.8) is 0 Å². The number of hydrogen-bond donors (Lipinski definition) is 1. The van der Waals surface area contributed by atoms with Crippen LogP contribution in [0.1, 0.15) is 80.7 Å². The van der Waals surface area contributed by atoms with Crippen LogP contribution in [0.15, 0.2) is 60.7 Å². The second-order valence-corrected chi connectivity index (χ2v) is 13.2. The second-order valence-electron chi connectivity index (χ2n) is 12.7. The topological polar surface area (TPSA) is 71.1 Å². The van der Waals surface area contributed by atoms with Gasteiger partial charge in [-0.15, -0.1) is 0 Å². The lowest BCUT2D eigenvalue weighted by Gasteiger charge is -2.41. The Hall–Kier alpha value is -3.71. The number of ether oxygens (including phenoxy) is 2. The van der Waals surface area contributed by atoms with Gasteiger partial charge in [-0.1, -0.05) is 42.8 Å². The van der Waals surface area contributed by atoms with Crippen LogP contribution < -0.4 is 19.7 Å². The molecular weight excluding hydrogens is 574 g/mol. The van der Waals surface area contributed by atoms with Gasteiger partial charge in [0.2, 0.25) is 5.91 Å². The lowest BCUT2D eigenvalue weighted by molar-refractivity contribution is -0.118. The van der Waals surface area contributed by atoms with Gasteiger partial charge < -0.3 is 24.6 Å². The molecule has 3 aromatic carbocycles. The molecule has 2 fully saturated rings. The summed E-state index contributed by atoms with van der Waals surface area (Å²) in [7, 11) is 3.34. The van der Waals surface area contributed by atoms with Crippen LogP contribution in [-0.4, -0.2) is 49.2 Å². The predicted octanol–water partition coefficient (Wildman–Crippen LogP) is 7.50. The highest BCUT2D eigenvalue weighted by atomic mass is 35.5. The third-order valence-corrected chi connectivity index (χ3v) is 10.0. The molecule has 3 aromatic rings. The van der Waals surface area contributed by atoms with Crippen molar-refractivity contribution in [2.75, 3.05) is 19.1 Å². The van der Waals surface area contributed by atoms with Crippen molar-refractivity contribution in [1.29, 1.82) is 0 Å². The first-order valence-electron chi connectivity index (χ1n) is 15.7. The van der Waals surface area contributed by atoms with Crippen molar-refractivity contribution < 1.29 is 19.1 Å². The number of urea groups is 1. The van der Waals surface area contributed by atoms with Crippen molar-refractivity contribution in [1.82, 2.24) is 10.2 Å². The third kappa shape index (κ3) is 5.63. The molecule has 3 aliphatic heterocycles. The van der Waals surface area contributed by atoms with E-state index in [2.05, 4.69) is 41.4 Å². The zero-order valence-corrected chi connectivity index (χ0v) is 26.9. The summed E-state index contributed by atoms with van der Waals surface area (Å²) in [5.74, 6) is 2.18. The number of halogens is 1. The number of benzene rings is 3. The van der Waals surface area contributed by atoms with Crippen LogP contribution >= 0.6 is 11.6 Å². The van der Waals surface area contributed by atoms with Gasteiger partial charge in [-0.2, -0.15) is 0 Å². The SMILES string of the molecule is CNC(=O)N1C2CCC1CC(C(C)c1ccc(N3C(=O)Cc4cc(OC)c(OC(C)C)cc4[C@@H]3c3ccc(Cl)cc3)cc1)C2. The van der Waals surface area contributed by atoms with E-state index in [-0.39, 0.29) is 30.5 Å². The molecule has 0 aliphatic carbocycles. The molecule has 0 radical (unpaired) electrons. The maximum Gasteiger partial charge on any atom is 0.317 e. The molecule has 2 saturated heterocycles. The van der Waals surface area contributed by atoms with Gasteiger partial charge in [0.15, 0.2) is 11.5 Å². The molecule has 8 heteroatoms. The van der Waals surface area contributed by atoms with Crippen LogP contribution in [0.3, 0.4) is 0 Å². The van der Waals surface area contributed by atoms with Crippen LogP contribution in [0.5, 0.6) is 11.5 Å². The molecule has 1 N–H and O–H groups in total. The molecule has 3 heterocycles. The summed E-state index contributed by atoms with van der Waals surface area (Å²) in [6.07, 6.45) is 4.45. The Kier molecular flexibility index (Phi) is 8.51. The van der Waals surface area contributed by atoms with E-state index in [1.54, 1.807) is 14.2 Å². The van der Waals surface area contributed by atoms with E-state index < -0.39 is 0 Å². The molecule has 0 aromatic heterocycles. The summed E-state index contributed by atoms with van der Waals surface area (Å²) >= 11 is 6.28. The van der Waals surface area contributed by atoms with Crippen LogP contribution in [0.4, 0.5) is 10.5 Å². The summed E-state index contributed by atoms with van der Waals surface area (Å²) in [5, 5.41) is 3.48. The van der Waals surface area contributed by atoms with Gasteiger partial charge in [0.25, 0.3) is 0 Å². The van der Waals surface area contributed by atoms with Gasteiger partial charge in [0, 0.05) is 29.8 Å². The molecule has 0 saturated carbocycles. The van der Waals surface area contributed by atoms with Gasteiger partial charge in [-0.3, -0.25) is 4.79 Å². The first-order valence-corrected chi connectivity index (χ1v) is 16.1. The number of carbonyl (C=O) groups is 2. The fourth-order valence-corrected chi connectivity index (χ4v) is 7.75. The van der Waals surface area contributed by atoms with Gasteiger partial charge in [0.05, 0.1) is 25.7 Å². The highest BCUT2D eigenvalue weighted by Gasteiger charge is 2.44. The Morgan fingerprint density at radius 1 is 0.955 bits per heavy atom. The van der Waals surface area contributed by atoms with E-state index in [9.17, 15) is 9.59 Å². The summed E-state index contributed by atoms with van der Waals surface area (Å²) < 4.78 is 11.8. The number of carbonyl (C=O) groups excluding carboxylic acids is 2. The smallest absolute Gasteiger partial charge is 0.317 e. The maximum atomic E-state index is 13.9. The van der Waals surface area contributed by atoms with E-state index in [0.29, 0.717) is 40.4 Å². The minimum atomic E-state index is -0.350. The third-order valence-electron chi connectivity index (χ3n) is 9.76. The summed E-state index contributed by atoms with van der Waals surface area (Å²) in [6, 6.07) is 20.6. The lowest BCUT2D eigenvalue weighted by Crippen LogP contribution is -2.50. The summed E-state index contributed by atoms with van der Waals surface area (Å²) in [6.45, 7) is 6.28. The molecule has 3 unspecified atom stereocenters. The van der Waals surface area contributed by atoms with Crippen molar-refractivity contribution in [3.05, 3.63) is 87.9 Å². The number of methoxy groups -OCH3 is 1. The van der Waals surface area contributed by atoms with Crippen LogP contribution in [0, 0.1) is 5.92 Å². The van der Waals surface area contributed by atoms with E-state index in [0.717, 1.165) is 48.1 Å². The molecular formula is C36H42ClN3O4. The molecule has 7 nitrogen and oxygen atoms in total. The highest BCUT2D eigenvalue weighted by molar-refractivity contribution is 6.30. The number of piperidine rings is 1. The Morgan fingerprint density at radius 2 is 1.61 bits per heavy atom. The summed E-state index contributed by atoms with van der Waals surface area (Å²) in [5.41, 5.74) is 5.03. The van der Waals surface area contributed by atoms with E-state index in [4.69, 9.17) is 21.1 Å². The second kappa shape index (κ2) is 12.4. The fraction of sp³-hybridized carbons (Fsp3) is 0.444. The van der Waals surface area contributed by atoms with Gasteiger partial charge in [-0.05, 0) is 110 Å². The number of anilines is 1. The molecule has 4 atom stereocenters. The summed E-state index contributed by atoms with van der Waals surface area (Å²) in [4.78, 5) is 30.4. The monoisotopic (exact) mass is 615 g/mol. The average molecular weight is 616 g/mol. The van der Waals surface area contributed by atoms with Crippen LogP contribution in [0.25, 0.3) is 0 Å². The number of amides is 3. The minimum Gasteiger partial charge on any atom is -0.493 e. The molecule has 232 valence electrons. The van der Waals surface area contributed by atoms with E-state index >= 15 is 0 Å². The van der Waals surface area contributed by atoms with Crippen LogP contribution in [-0.2, 0) is 11.2 Å². The quantitative estimate of drug-likeness (QED) is 0.299. The fourth-order valence-electron chi connectivity index (χ4n) is 7.63. The van der Waals surface area contributed by atoms with Crippen molar-refractivity contribution >= 4 is 29.2 Å². The van der Waals surface area contributed by atoms with Gasteiger partial charge in [-0.25, -0.2) is 4.79 Å². The Bertz CT molecular complexity index is 1510. The Morgan fingerprint density at radius 3 is 2.20 bits per heavy atom. The molecule has 44 heavy (non-hydrogen) atoms. The first kappa shape index (κ1) is 30.3. The zero-order valence-electron chi connectivity index (χ0n) is 26.2. The first-order chi connectivity index (χ1) is 21.2. The van der Waals surface area contributed by atoms with Crippen molar-refractivity contribution in [3.8, 4) is 11.5 Å². The molecule has 6 rings (SSSR count). The average Bonchev–Trinajstić information content (AvgIpc) is 3.28. The molecule has 3 amide bonds. The number of nitrogens with zero attached hydrogens (tertiary/aromatic N) is 2. The molecule has 0 spiro atoms. The van der Waals surface area contributed by atoms with Crippen LogP contribution in [0.2, 0.25) is 5.02 Å². The van der Waals surface area contributed by atoms with Crippen molar-refractivity contribution in [2.45, 2.75) is 83.0 Å².